The number of hydrogen-bond acceptors (Lipinski definition) is 1. The molecule has 0 saturated heterocycles. The predicted octanol–water partition coefficient (Wildman–Crippen LogP) is 6.20. The van der Waals surface area contributed by atoms with Gasteiger partial charge in [-0.05, 0) is 55.0 Å². The number of rotatable bonds is 7. The second-order valence-electron chi connectivity index (χ2n) is 5.54. The van der Waals surface area contributed by atoms with E-state index in [1.54, 1.807) is 0 Å². The molecule has 2 aromatic rings. The van der Waals surface area contributed by atoms with Crippen molar-refractivity contribution in [2.45, 2.75) is 39.0 Å². The van der Waals surface area contributed by atoms with E-state index in [2.05, 4.69) is 34.7 Å². The van der Waals surface area contributed by atoms with E-state index in [1.165, 1.54) is 25.7 Å². The minimum atomic E-state index is 0.799. The number of ether oxygens (including phenoxy) is 1. The second kappa shape index (κ2) is 10.1. The van der Waals surface area contributed by atoms with Crippen LogP contribution in [-0.2, 0) is 0 Å². The Morgan fingerprint density at radius 3 is 1.96 bits per heavy atom. The molecule has 120 valence electrons. The maximum atomic E-state index is 5.76. The van der Waals surface area contributed by atoms with Crippen molar-refractivity contribution < 1.29 is 4.74 Å². The summed E-state index contributed by atoms with van der Waals surface area (Å²) in [5.41, 5.74) is 2.02. The van der Waals surface area contributed by atoms with Crippen LogP contribution in [-0.4, -0.2) is 6.61 Å². The summed E-state index contributed by atoms with van der Waals surface area (Å²) in [4.78, 5) is 0. The van der Waals surface area contributed by atoms with Crippen molar-refractivity contribution >= 4 is 15.9 Å². The molecule has 0 bridgehead atoms. The number of benzene rings is 2. The lowest BCUT2D eigenvalue weighted by molar-refractivity contribution is 0.304. The van der Waals surface area contributed by atoms with Gasteiger partial charge in [-0.15, -0.1) is 0 Å². The monoisotopic (exact) mass is 370 g/mol. The molecule has 0 spiro atoms. The summed E-state index contributed by atoms with van der Waals surface area (Å²) in [6.45, 7) is 3.03. The molecule has 0 heterocycles. The minimum absolute atomic E-state index is 0.799. The Hall–Kier alpha value is -1.72. The predicted molar refractivity (Wildman–Crippen MR) is 101 cm³/mol. The minimum Gasteiger partial charge on any atom is -0.494 e. The molecule has 0 amide bonds. The van der Waals surface area contributed by atoms with Crippen molar-refractivity contribution in [1.29, 1.82) is 0 Å². The summed E-state index contributed by atoms with van der Waals surface area (Å²) in [5.74, 6) is 7.27. The molecule has 0 saturated carbocycles. The Kier molecular flexibility index (Phi) is 7.77. The van der Waals surface area contributed by atoms with E-state index in [0.717, 1.165) is 34.4 Å². The standard InChI is InChI=1S/C21H23BrO/c1-2-3-4-5-6-17-23-21-15-11-19(12-16-21)8-7-18-9-13-20(22)14-10-18/h9-16H,2-6,17H2,1H3. The van der Waals surface area contributed by atoms with Crippen LogP contribution in [0.1, 0.15) is 50.2 Å². The van der Waals surface area contributed by atoms with Crippen molar-refractivity contribution in [2.75, 3.05) is 6.61 Å². The molecule has 0 aliphatic carbocycles. The Morgan fingerprint density at radius 2 is 1.35 bits per heavy atom. The molecule has 0 aliphatic heterocycles. The van der Waals surface area contributed by atoms with E-state index in [4.69, 9.17) is 4.74 Å². The van der Waals surface area contributed by atoms with Crippen molar-refractivity contribution in [3.05, 3.63) is 64.1 Å². The van der Waals surface area contributed by atoms with Gasteiger partial charge in [0.05, 0.1) is 6.61 Å². The highest BCUT2D eigenvalue weighted by atomic mass is 79.9. The van der Waals surface area contributed by atoms with E-state index < -0.39 is 0 Å². The average Bonchev–Trinajstić information content (AvgIpc) is 2.58. The fourth-order valence-corrected chi connectivity index (χ4v) is 2.47. The zero-order valence-corrected chi connectivity index (χ0v) is 15.2. The zero-order chi connectivity index (χ0) is 16.3. The average molecular weight is 371 g/mol. The molecule has 2 aromatic carbocycles. The first kappa shape index (κ1) is 17.6. The fourth-order valence-electron chi connectivity index (χ4n) is 2.21. The summed E-state index contributed by atoms with van der Waals surface area (Å²) in [6.07, 6.45) is 6.30. The summed E-state index contributed by atoms with van der Waals surface area (Å²) in [7, 11) is 0. The largest absolute Gasteiger partial charge is 0.494 e. The number of unbranched alkanes of at least 4 members (excludes halogenated alkanes) is 4. The van der Waals surface area contributed by atoms with Crippen LogP contribution in [0, 0.1) is 11.8 Å². The lowest BCUT2D eigenvalue weighted by Crippen LogP contribution is -1.97. The van der Waals surface area contributed by atoms with Gasteiger partial charge in [0.1, 0.15) is 5.75 Å². The van der Waals surface area contributed by atoms with Gasteiger partial charge in [0.25, 0.3) is 0 Å². The SMILES string of the molecule is CCCCCCCOc1ccc(C#Cc2ccc(Br)cc2)cc1. The van der Waals surface area contributed by atoms with Crippen LogP contribution in [0.25, 0.3) is 0 Å². The first-order chi connectivity index (χ1) is 11.3. The van der Waals surface area contributed by atoms with Crippen LogP contribution >= 0.6 is 15.9 Å². The van der Waals surface area contributed by atoms with Gasteiger partial charge in [-0.2, -0.15) is 0 Å². The van der Waals surface area contributed by atoms with Crippen molar-refractivity contribution in [3.8, 4) is 17.6 Å². The van der Waals surface area contributed by atoms with Crippen molar-refractivity contribution in [3.63, 3.8) is 0 Å². The molecule has 1 nitrogen and oxygen atoms in total. The van der Waals surface area contributed by atoms with Crippen LogP contribution < -0.4 is 4.74 Å². The molecule has 0 fully saturated rings. The van der Waals surface area contributed by atoms with Crippen LogP contribution in [0.15, 0.2) is 53.0 Å². The molecule has 2 rings (SSSR count). The molecule has 23 heavy (non-hydrogen) atoms. The molecular formula is C21H23BrO. The third kappa shape index (κ3) is 6.93. The Labute approximate surface area is 148 Å². The van der Waals surface area contributed by atoms with E-state index in [-0.39, 0.29) is 0 Å². The van der Waals surface area contributed by atoms with Crippen molar-refractivity contribution in [2.24, 2.45) is 0 Å². The van der Waals surface area contributed by atoms with Gasteiger partial charge in [0.2, 0.25) is 0 Å². The van der Waals surface area contributed by atoms with Crippen LogP contribution in [0.4, 0.5) is 0 Å². The third-order valence-electron chi connectivity index (χ3n) is 3.57. The smallest absolute Gasteiger partial charge is 0.119 e. The highest BCUT2D eigenvalue weighted by Crippen LogP contribution is 2.13. The quantitative estimate of drug-likeness (QED) is 0.416. The molecule has 0 N–H and O–H groups in total. The van der Waals surface area contributed by atoms with Crippen LogP contribution in [0.2, 0.25) is 0 Å². The van der Waals surface area contributed by atoms with Gasteiger partial charge in [-0.3, -0.25) is 0 Å². The molecule has 0 aliphatic rings. The van der Waals surface area contributed by atoms with Gasteiger partial charge in [-0.1, -0.05) is 60.4 Å². The molecule has 0 unspecified atom stereocenters. The van der Waals surface area contributed by atoms with Crippen LogP contribution in [0.5, 0.6) is 5.75 Å². The Morgan fingerprint density at radius 1 is 0.783 bits per heavy atom. The maximum absolute atomic E-state index is 5.76. The number of hydrogen-bond donors (Lipinski definition) is 0. The van der Waals surface area contributed by atoms with Gasteiger partial charge >= 0.3 is 0 Å². The Bertz CT molecular complexity index is 632. The summed E-state index contributed by atoms with van der Waals surface area (Å²) in [6, 6.07) is 16.0. The third-order valence-corrected chi connectivity index (χ3v) is 4.09. The molecule has 0 radical (unpaired) electrons. The van der Waals surface area contributed by atoms with E-state index in [1.807, 2.05) is 48.5 Å². The molecule has 0 aromatic heterocycles. The highest BCUT2D eigenvalue weighted by Gasteiger charge is 1.95. The van der Waals surface area contributed by atoms with E-state index in [9.17, 15) is 0 Å². The maximum Gasteiger partial charge on any atom is 0.119 e. The normalized spacial score (nSPS) is 10.0. The molecule has 0 atom stereocenters. The lowest BCUT2D eigenvalue weighted by atomic mass is 10.1. The van der Waals surface area contributed by atoms with E-state index in [0.29, 0.717) is 0 Å². The summed E-state index contributed by atoms with van der Waals surface area (Å²) in [5, 5.41) is 0. The fraction of sp³-hybridized carbons (Fsp3) is 0.333. The van der Waals surface area contributed by atoms with Gasteiger partial charge in [0.15, 0.2) is 0 Å². The summed E-state index contributed by atoms with van der Waals surface area (Å²) >= 11 is 3.43. The summed E-state index contributed by atoms with van der Waals surface area (Å²) < 4.78 is 6.83. The first-order valence-electron chi connectivity index (χ1n) is 8.28. The van der Waals surface area contributed by atoms with E-state index >= 15 is 0 Å². The highest BCUT2D eigenvalue weighted by molar-refractivity contribution is 9.10. The van der Waals surface area contributed by atoms with Gasteiger partial charge in [0, 0.05) is 15.6 Å². The number of halogens is 1. The molecule has 2 heteroatoms. The topological polar surface area (TPSA) is 9.23 Å². The van der Waals surface area contributed by atoms with Gasteiger partial charge in [-0.25, -0.2) is 0 Å². The zero-order valence-electron chi connectivity index (χ0n) is 13.6. The van der Waals surface area contributed by atoms with Crippen LogP contribution in [0.3, 0.4) is 0 Å². The first-order valence-corrected chi connectivity index (χ1v) is 9.07. The lowest BCUT2D eigenvalue weighted by Gasteiger charge is -2.05. The Balaban J connectivity index is 1.79. The van der Waals surface area contributed by atoms with Gasteiger partial charge < -0.3 is 4.74 Å². The van der Waals surface area contributed by atoms with Crippen molar-refractivity contribution in [1.82, 2.24) is 0 Å². The second-order valence-corrected chi connectivity index (χ2v) is 6.46. The molecular weight excluding hydrogens is 348 g/mol.